The van der Waals surface area contributed by atoms with Crippen molar-refractivity contribution < 1.29 is 33.8 Å². The summed E-state index contributed by atoms with van der Waals surface area (Å²) in [5.74, 6) is 0.00961. The molecule has 0 saturated heterocycles. The molecule has 9 nitrogen and oxygen atoms in total. The van der Waals surface area contributed by atoms with Crippen LogP contribution in [-0.4, -0.2) is 41.2 Å². The number of nitro groups is 1. The van der Waals surface area contributed by atoms with Gasteiger partial charge in [-0.15, -0.1) is 0 Å². The third-order valence-corrected chi connectivity index (χ3v) is 5.97. The van der Waals surface area contributed by atoms with Gasteiger partial charge in [0, 0.05) is 11.1 Å². The Morgan fingerprint density at radius 3 is 2.75 bits per heavy atom. The van der Waals surface area contributed by atoms with Gasteiger partial charge in [-0.1, -0.05) is 0 Å². The molecule has 0 bridgehead atoms. The van der Waals surface area contributed by atoms with E-state index in [4.69, 9.17) is 18.9 Å². The third-order valence-electron chi connectivity index (χ3n) is 5.97. The molecule has 3 aliphatic heterocycles. The predicted molar refractivity (Wildman–Crippen MR) is 113 cm³/mol. The molecule has 0 spiro atoms. The minimum atomic E-state index is -0.811. The fourth-order valence-corrected chi connectivity index (χ4v) is 4.47. The summed E-state index contributed by atoms with van der Waals surface area (Å²) in [7, 11) is 1.46. The molecular weight excluding hydrogens is 418 g/mol. The number of aliphatic hydroxyl groups is 1. The Morgan fingerprint density at radius 2 is 2.06 bits per heavy atom. The molecule has 2 aromatic rings. The molecule has 0 radical (unpaired) electrons. The molecule has 166 valence electrons. The molecule has 2 aromatic carbocycles. The van der Waals surface area contributed by atoms with Gasteiger partial charge in [0.2, 0.25) is 0 Å². The maximum atomic E-state index is 13.7. The van der Waals surface area contributed by atoms with E-state index in [-0.39, 0.29) is 30.2 Å². The number of ether oxygens (including phenoxy) is 4. The van der Waals surface area contributed by atoms with Crippen LogP contribution in [0.4, 0.5) is 5.69 Å². The molecule has 0 aromatic heterocycles. The van der Waals surface area contributed by atoms with E-state index in [2.05, 4.69) is 0 Å². The van der Waals surface area contributed by atoms with Crippen LogP contribution in [0, 0.1) is 10.1 Å². The van der Waals surface area contributed by atoms with Crippen molar-refractivity contribution >= 4 is 17.5 Å². The number of aliphatic hydroxyl groups excluding tert-OH is 1. The predicted octanol–water partition coefficient (Wildman–Crippen LogP) is 3.40. The lowest BCUT2D eigenvalue weighted by Crippen LogP contribution is -2.43. The maximum absolute atomic E-state index is 13.7. The molecular formula is C23H21NO8. The van der Waals surface area contributed by atoms with Gasteiger partial charge >= 0.3 is 0 Å². The first-order valence-corrected chi connectivity index (χ1v) is 10.1. The summed E-state index contributed by atoms with van der Waals surface area (Å²) in [5, 5.41) is 21.5. The number of nitrogens with zero attached hydrogens (tertiary/aromatic N) is 1. The first-order chi connectivity index (χ1) is 15.2. The molecule has 0 aliphatic carbocycles. The van der Waals surface area contributed by atoms with Crippen molar-refractivity contribution in [1.82, 2.24) is 0 Å². The van der Waals surface area contributed by atoms with Crippen LogP contribution >= 0.6 is 0 Å². The highest BCUT2D eigenvalue weighted by atomic mass is 16.6. The second-order valence-corrected chi connectivity index (χ2v) is 8.48. The number of methoxy groups -OCH3 is 1. The standard InChI is InChI=1S/C23H21NO8/c1-23(2)5-4-12-17(32-23)8-14(24(27)28)20-21(26)19-13-7-15(29-3)11(9-25)6-16(13)30-10-18(19)31-22(12)20/h4-8,18-19,25H,9-10H2,1-3H3. The summed E-state index contributed by atoms with van der Waals surface area (Å²) in [4.78, 5) is 25.0. The van der Waals surface area contributed by atoms with Crippen LogP contribution in [0.15, 0.2) is 24.3 Å². The van der Waals surface area contributed by atoms with Crippen LogP contribution < -0.4 is 18.9 Å². The summed E-state index contributed by atoms with van der Waals surface area (Å²) in [5.41, 5.74) is 0.423. The average molecular weight is 439 g/mol. The number of fused-ring (bicyclic) bond motifs is 6. The van der Waals surface area contributed by atoms with Gasteiger partial charge in [-0.25, -0.2) is 0 Å². The van der Waals surface area contributed by atoms with E-state index in [1.807, 2.05) is 19.9 Å². The first kappa shape index (κ1) is 20.3. The molecule has 0 fully saturated rings. The van der Waals surface area contributed by atoms with Crippen molar-refractivity contribution in [2.24, 2.45) is 0 Å². The van der Waals surface area contributed by atoms with E-state index in [0.29, 0.717) is 33.9 Å². The molecule has 2 atom stereocenters. The topological polar surface area (TPSA) is 117 Å². The highest BCUT2D eigenvalue weighted by molar-refractivity contribution is 6.09. The van der Waals surface area contributed by atoms with Gasteiger partial charge in [0.05, 0.1) is 36.2 Å². The first-order valence-electron chi connectivity index (χ1n) is 10.1. The zero-order valence-corrected chi connectivity index (χ0v) is 17.7. The van der Waals surface area contributed by atoms with Gasteiger partial charge < -0.3 is 24.1 Å². The van der Waals surface area contributed by atoms with E-state index in [1.54, 1.807) is 18.2 Å². The molecule has 2 unspecified atom stereocenters. The normalized spacial score (nSPS) is 21.7. The third kappa shape index (κ3) is 2.92. The number of hydrogen-bond acceptors (Lipinski definition) is 8. The number of carbonyl (C=O) groups excluding carboxylic acids is 1. The molecule has 3 aliphatic rings. The lowest BCUT2D eigenvalue weighted by molar-refractivity contribution is -0.385. The number of hydrogen-bond donors (Lipinski definition) is 1. The number of benzene rings is 2. The quantitative estimate of drug-likeness (QED) is 0.571. The van der Waals surface area contributed by atoms with Crippen molar-refractivity contribution in [3.8, 4) is 23.0 Å². The van der Waals surface area contributed by atoms with Gasteiger partial charge in [0.1, 0.15) is 46.9 Å². The summed E-state index contributed by atoms with van der Waals surface area (Å²) >= 11 is 0. The lowest BCUT2D eigenvalue weighted by Gasteiger charge is -2.38. The summed E-state index contributed by atoms with van der Waals surface area (Å²) in [6, 6.07) is 4.53. The Morgan fingerprint density at radius 1 is 1.28 bits per heavy atom. The second kappa shape index (κ2) is 6.96. The van der Waals surface area contributed by atoms with E-state index in [1.165, 1.54) is 13.2 Å². The number of nitro benzene ring substituents is 1. The van der Waals surface area contributed by atoms with Crippen LogP contribution in [0.5, 0.6) is 23.0 Å². The van der Waals surface area contributed by atoms with Gasteiger partial charge in [-0.2, -0.15) is 0 Å². The minimum absolute atomic E-state index is 0.0770. The SMILES string of the molecule is COc1cc2c(cc1CO)OCC1Oc3c4c(cc([N+](=O)[O-])c3C(=O)C21)OC(C)(C)C=C4. The van der Waals surface area contributed by atoms with Crippen molar-refractivity contribution in [2.45, 2.75) is 38.1 Å². The number of rotatable bonds is 3. The van der Waals surface area contributed by atoms with Crippen molar-refractivity contribution in [3.63, 3.8) is 0 Å². The van der Waals surface area contributed by atoms with E-state index in [9.17, 15) is 20.0 Å². The molecule has 0 saturated carbocycles. The van der Waals surface area contributed by atoms with Gasteiger partial charge in [-0.05, 0) is 38.1 Å². The van der Waals surface area contributed by atoms with Crippen LogP contribution in [0.2, 0.25) is 0 Å². The van der Waals surface area contributed by atoms with Crippen LogP contribution in [0.3, 0.4) is 0 Å². The maximum Gasteiger partial charge on any atom is 0.287 e. The average Bonchev–Trinajstić information content (AvgIpc) is 2.76. The van der Waals surface area contributed by atoms with Gasteiger partial charge in [0.15, 0.2) is 5.78 Å². The number of carbonyl (C=O) groups is 1. The number of ketones is 1. The monoisotopic (exact) mass is 439 g/mol. The van der Waals surface area contributed by atoms with E-state index in [0.717, 1.165) is 0 Å². The Balaban J connectivity index is 1.70. The molecule has 3 heterocycles. The Kier molecular flexibility index (Phi) is 4.42. The molecule has 0 amide bonds. The fourth-order valence-electron chi connectivity index (χ4n) is 4.47. The Hall–Kier alpha value is -3.59. The Labute approximate surface area is 183 Å². The minimum Gasteiger partial charge on any atom is -0.496 e. The van der Waals surface area contributed by atoms with Crippen LogP contribution in [0.1, 0.15) is 46.8 Å². The Bertz CT molecular complexity index is 1200. The second-order valence-electron chi connectivity index (χ2n) is 8.48. The highest BCUT2D eigenvalue weighted by Gasteiger charge is 2.48. The van der Waals surface area contributed by atoms with Gasteiger partial charge in [0.25, 0.3) is 5.69 Å². The van der Waals surface area contributed by atoms with E-state index < -0.39 is 28.3 Å². The number of Topliss-reactive ketones (excluding diaryl/α,β-unsaturated/α-hetero) is 1. The zero-order valence-electron chi connectivity index (χ0n) is 17.7. The zero-order chi connectivity index (χ0) is 22.8. The van der Waals surface area contributed by atoms with E-state index >= 15 is 0 Å². The molecule has 1 N–H and O–H groups in total. The van der Waals surface area contributed by atoms with Crippen LogP contribution in [0.25, 0.3) is 6.08 Å². The largest absolute Gasteiger partial charge is 0.496 e. The fraction of sp³-hybridized carbons (Fsp3) is 0.348. The highest BCUT2D eigenvalue weighted by Crippen LogP contribution is 2.51. The van der Waals surface area contributed by atoms with Gasteiger partial charge in [-0.3, -0.25) is 14.9 Å². The summed E-state index contributed by atoms with van der Waals surface area (Å²) < 4.78 is 23.3. The van der Waals surface area contributed by atoms with Crippen LogP contribution in [-0.2, 0) is 6.61 Å². The smallest absolute Gasteiger partial charge is 0.287 e. The molecule has 5 rings (SSSR count). The summed E-state index contributed by atoms with van der Waals surface area (Å²) in [6.07, 6.45) is 2.90. The lowest BCUT2D eigenvalue weighted by atomic mass is 9.80. The van der Waals surface area contributed by atoms with Crippen molar-refractivity contribution in [3.05, 3.63) is 56.6 Å². The molecule has 9 heteroatoms. The van der Waals surface area contributed by atoms with Crippen molar-refractivity contribution in [2.75, 3.05) is 13.7 Å². The molecule has 32 heavy (non-hydrogen) atoms. The summed E-state index contributed by atoms with van der Waals surface area (Å²) in [6.45, 7) is 3.48. The van der Waals surface area contributed by atoms with Crippen molar-refractivity contribution in [1.29, 1.82) is 0 Å².